The zero-order valence-electron chi connectivity index (χ0n) is 10.1. The first-order valence-corrected chi connectivity index (χ1v) is 5.41. The molecule has 1 aromatic rings. The van der Waals surface area contributed by atoms with Crippen molar-refractivity contribution in [2.24, 2.45) is 0 Å². The highest BCUT2D eigenvalue weighted by Gasteiger charge is 2.36. The first kappa shape index (κ1) is 15.5. The zero-order valence-corrected chi connectivity index (χ0v) is 10.1. The highest BCUT2D eigenvalue weighted by molar-refractivity contribution is 5.36. The molecule has 1 N–H and O–H groups in total. The minimum Gasteiger partial charge on any atom is -0.384 e. The van der Waals surface area contributed by atoms with Crippen LogP contribution in [-0.2, 0) is 11.3 Å². The van der Waals surface area contributed by atoms with Gasteiger partial charge < -0.3 is 9.84 Å². The average molecular weight is 276 g/mol. The second kappa shape index (κ2) is 6.55. The fraction of sp³-hybridized carbons (Fsp3) is 0.385. The van der Waals surface area contributed by atoms with Gasteiger partial charge in [0.1, 0.15) is 12.4 Å². The molecular weight excluding hydrogens is 264 g/mol. The predicted molar refractivity (Wildman–Crippen MR) is 60.7 cm³/mol. The van der Waals surface area contributed by atoms with Gasteiger partial charge in [-0.25, -0.2) is 4.39 Å². The molecule has 1 unspecified atom stereocenters. The van der Waals surface area contributed by atoms with E-state index in [9.17, 15) is 17.6 Å². The summed E-state index contributed by atoms with van der Waals surface area (Å²) in [6.07, 6.45) is -6.43. The summed E-state index contributed by atoms with van der Waals surface area (Å²) in [4.78, 5) is 0. The molecular formula is C13H12F4O2. The first-order valence-electron chi connectivity index (χ1n) is 5.41. The maximum atomic E-state index is 13.5. The molecule has 0 saturated heterocycles. The van der Waals surface area contributed by atoms with E-state index in [1.54, 1.807) is 0 Å². The Morgan fingerprint density at radius 3 is 2.58 bits per heavy atom. The fourth-order valence-corrected chi connectivity index (χ4v) is 1.19. The third kappa shape index (κ3) is 4.89. The largest absolute Gasteiger partial charge is 0.414 e. The summed E-state index contributed by atoms with van der Waals surface area (Å²) in [5.74, 6) is 4.14. The lowest BCUT2D eigenvalue weighted by atomic mass is 10.1. The highest BCUT2D eigenvalue weighted by atomic mass is 19.4. The van der Waals surface area contributed by atoms with Crippen LogP contribution < -0.4 is 0 Å². The molecule has 1 aromatic carbocycles. The summed E-state index contributed by atoms with van der Waals surface area (Å²) < 4.78 is 54.7. The summed E-state index contributed by atoms with van der Waals surface area (Å²) in [5.41, 5.74) is 0.352. The average Bonchev–Trinajstić information content (AvgIpc) is 2.33. The Morgan fingerprint density at radius 1 is 1.37 bits per heavy atom. The topological polar surface area (TPSA) is 29.5 Å². The fourth-order valence-electron chi connectivity index (χ4n) is 1.19. The number of halogens is 4. The maximum Gasteiger partial charge on any atom is 0.414 e. The van der Waals surface area contributed by atoms with Crippen molar-refractivity contribution in [1.82, 2.24) is 0 Å². The minimum atomic E-state index is -4.47. The number of rotatable bonds is 3. The van der Waals surface area contributed by atoms with Gasteiger partial charge >= 0.3 is 6.18 Å². The van der Waals surface area contributed by atoms with Crippen molar-refractivity contribution in [3.8, 4) is 11.8 Å². The second-order valence-corrected chi connectivity index (χ2v) is 3.76. The Kier molecular flexibility index (Phi) is 5.33. The van der Waals surface area contributed by atoms with Crippen molar-refractivity contribution in [2.45, 2.75) is 25.8 Å². The van der Waals surface area contributed by atoms with Crippen LogP contribution in [0.2, 0.25) is 0 Å². The molecule has 0 amide bonds. The Labute approximate surface area is 108 Å². The Morgan fingerprint density at radius 2 is 2.05 bits per heavy atom. The van der Waals surface area contributed by atoms with E-state index in [2.05, 4.69) is 16.6 Å². The third-order valence-corrected chi connectivity index (χ3v) is 2.31. The van der Waals surface area contributed by atoms with Gasteiger partial charge in [-0.05, 0) is 19.1 Å². The van der Waals surface area contributed by atoms with Gasteiger partial charge in [0.25, 0.3) is 0 Å². The lowest BCUT2D eigenvalue weighted by Gasteiger charge is -2.16. The monoisotopic (exact) mass is 276 g/mol. The molecule has 0 fully saturated rings. The molecule has 1 rings (SSSR count). The zero-order chi connectivity index (χ0) is 14.5. The number of benzene rings is 1. The summed E-state index contributed by atoms with van der Waals surface area (Å²) in [6, 6.07) is 3.84. The normalized spacial score (nSPS) is 12.7. The van der Waals surface area contributed by atoms with Crippen molar-refractivity contribution in [2.75, 3.05) is 6.61 Å². The number of aliphatic hydroxyl groups excluding tert-OH is 1. The van der Waals surface area contributed by atoms with Crippen molar-refractivity contribution in [3.05, 3.63) is 35.1 Å². The molecule has 0 radical (unpaired) electrons. The molecule has 0 heterocycles. The molecule has 0 aromatic heterocycles. The molecule has 6 heteroatoms. The number of ether oxygens (including phenoxy) is 1. The SMILES string of the molecule is CC(OCc1ccc(C#CCO)cc1F)C(F)(F)F. The van der Waals surface area contributed by atoms with E-state index < -0.39 is 24.7 Å². The first-order chi connectivity index (χ1) is 8.84. The lowest BCUT2D eigenvalue weighted by Crippen LogP contribution is -2.28. The van der Waals surface area contributed by atoms with E-state index >= 15 is 0 Å². The van der Waals surface area contributed by atoms with Crippen LogP contribution in [0.5, 0.6) is 0 Å². The van der Waals surface area contributed by atoms with Crippen LogP contribution in [0.4, 0.5) is 17.6 Å². The smallest absolute Gasteiger partial charge is 0.384 e. The van der Waals surface area contributed by atoms with E-state index in [4.69, 9.17) is 5.11 Å². The summed E-state index contributed by atoms with van der Waals surface area (Å²) in [7, 11) is 0. The highest BCUT2D eigenvalue weighted by Crippen LogP contribution is 2.23. The van der Waals surface area contributed by atoms with Gasteiger partial charge in [0.05, 0.1) is 6.61 Å². The molecule has 2 nitrogen and oxygen atoms in total. The molecule has 1 atom stereocenters. The summed E-state index contributed by atoms with van der Waals surface area (Å²) in [6.45, 7) is 0.0365. The van der Waals surface area contributed by atoms with Gasteiger partial charge in [0, 0.05) is 11.1 Å². The number of hydrogen-bond donors (Lipinski definition) is 1. The van der Waals surface area contributed by atoms with Gasteiger partial charge in [0.15, 0.2) is 6.10 Å². The van der Waals surface area contributed by atoms with E-state index in [1.165, 1.54) is 12.1 Å². The molecule has 104 valence electrons. The van der Waals surface area contributed by atoms with Crippen LogP contribution in [0.15, 0.2) is 18.2 Å². The van der Waals surface area contributed by atoms with Crippen molar-refractivity contribution in [1.29, 1.82) is 0 Å². The van der Waals surface area contributed by atoms with Crippen LogP contribution in [0.3, 0.4) is 0 Å². The molecule has 0 saturated carbocycles. The summed E-state index contributed by atoms with van der Waals surface area (Å²) >= 11 is 0. The van der Waals surface area contributed by atoms with Crippen molar-refractivity contribution in [3.63, 3.8) is 0 Å². The predicted octanol–water partition coefficient (Wildman–Crippen LogP) is 2.64. The Bertz CT molecular complexity index is 486. The Hall–Kier alpha value is -1.58. The Balaban J connectivity index is 2.70. The van der Waals surface area contributed by atoms with Crippen molar-refractivity contribution < 1.29 is 27.4 Å². The van der Waals surface area contributed by atoms with Crippen LogP contribution in [0.25, 0.3) is 0 Å². The quantitative estimate of drug-likeness (QED) is 0.679. The van der Waals surface area contributed by atoms with E-state index in [1.807, 2.05) is 0 Å². The molecule has 0 aliphatic heterocycles. The van der Waals surface area contributed by atoms with E-state index in [0.29, 0.717) is 5.56 Å². The van der Waals surface area contributed by atoms with Gasteiger partial charge in [-0.3, -0.25) is 0 Å². The second-order valence-electron chi connectivity index (χ2n) is 3.76. The van der Waals surface area contributed by atoms with Gasteiger partial charge in [-0.2, -0.15) is 13.2 Å². The van der Waals surface area contributed by atoms with Crippen LogP contribution in [0, 0.1) is 17.7 Å². The molecule has 0 bridgehead atoms. The number of alkyl halides is 3. The van der Waals surface area contributed by atoms with Gasteiger partial charge in [0.2, 0.25) is 0 Å². The number of aliphatic hydroxyl groups is 1. The van der Waals surface area contributed by atoms with Crippen LogP contribution in [0.1, 0.15) is 18.1 Å². The van der Waals surface area contributed by atoms with Crippen molar-refractivity contribution >= 4 is 0 Å². The van der Waals surface area contributed by atoms with Gasteiger partial charge in [-0.15, -0.1) is 0 Å². The minimum absolute atomic E-state index is 0.0191. The molecule has 0 aliphatic carbocycles. The summed E-state index contributed by atoms with van der Waals surface area (Å²) in [5, 5.41) is 8.48. The van der Waals surface area contributed by atoms with Gasteiger partial charge in [-0.1, -0.05) is 17.9 Å². The van der Waals surface area contributed by atoms with Crippen LogP contribution in [-0.4, -0.2) is 24.0 Å². The lowest BCUT2D eigenvalue weighted by molar-refractivity contribution is -0.217. The maximum absolute atomic E-state index is 13.5. The third-order valence-electron chi connectivity index (χ3n) is 2.31. The molecule has 19 heavy (non-hydrogen) atoms. The molecule has 0 aliphatic rings. The van der Waals surface area contributed by atoms with E-state index in [0.717, 1.165) is 13.0 Å². The van der Waals surface area contributed by atoms with E-state index in [-0.39, 0.29) is 12.2 Å². The standard InChI is InChI=1S/C13H12F4O2/c1-9(13(15,16)17)19-8-11-5-4-10(3-2-6-18)7-12(11)14/h4-5,7,9,18H,6,8H2,1H3. The number of hydrogen-bond acceptors (Lipinski definition) is 2. The van der Waals surface area contributed by atoms with Crippen LogP contribution >= 0.6 is 0 Å². The molecule has 0 spiro atoms.